The predicted octanol–water partition coefficient (Wildman–Crippen LogP) is 4.28. The lowest BCUT2D eigenvalue weighted by Crippen LogP contribution is -2.42. The number of likely N-dealkylation sites (tertiary alicyclic amines) is 1. The van der Waals surface area contributed by atoms with Crippen molar-refractivity contribution >= 4 is 22.5 Å². The summed E-state index contributed by atoms with van der Waals surface area (Å²) in [7, 11) is 0. The third kappa shape index (κ3) is 4.48. The maximum absolute atomic E-state index is 13.4. The van der Waals surface area contributed by atoms with Crippen molar-refractivity contribution in [3.05, 3.63) is 65.1 Å². The topological polar surface area (TPSA) is 60.2 Å². The smallest absolute Gasteiger partial charge is 0.123 e. The van der Waals surface area contributed by atoms with Gasteiger partial charge in [-0.2, -0.15) is 0 Å². The molecule has 4 rings (SSSR count). The van der Waals surface area contributed by atoms with E-state index in [9.17, 15) is 4.39 Å². The van der Waals surface area contributed by atoms with E-state index in [0.29, 0.717) is 12.5 Å². The zero-order valence-electron chi connectivity index (χ0n) is 16.5. The molecular formula is C23H28ClFN4. The quantitative estimate of drug-likeness (QED) is 0.632. The Labute approximate surface area is 176 Å². The van der Waals surface area contributed by atoms with Crippen molar-refractivity contribution in [1.29, 1.82) is 0 Å². The van der Waals surface area contributed by atoms with E-state index in [1.807, 2.05) is 24.3 Å². The van der Waals surface area contributed by atoms with Gasteiger partial charge in [-0.05, 0) is 92.8 Å². The SMILES string of the molecule is NCCC(N)CN1CCC(c2cn(-c3ccc(F)cc3)c3ccc(Cl)cc23)CC1. The van der Waals surface area contributed by atoms with E-state index in [4.69, 9.17) is 23.1 Å². The van der Waals surface area contributed by atoms with Crippen LogP contribution in [0.15, 0.2) is 48.7 Å². The number of nitrogens with two attached hydrogens (primary N) is 2. The fourth-order valence-electron chi connectivity index (χ4n) is 4.43. The van der Waals surface area contributed by atoms with Gasteiger partial charge >= 0.3 is 0 Å². The summed E-state index contributed by atoms with van der Waals surface area (Å²) in [5.41, 5.74) is 15.2. The molecule has 0 radical (unpaired) electrons. The second-order valence-corrected chi connectivity index (χ2v) is 8.44. The van der Waals surface area contributed by atoms with Gasteiger partial charge in [-0.1, -0.05) is 11.6 Å². The van der Waals surface area contributed by atoms with Crippen LogP contribution in [0.3, 0.4) is 0 Å². The van der Waals surface area contributed by atoms with Crippen LogP contribution < -0.4 is 11.5 Å². The Morgan fingerprint density at radius 2 is 1.83 bits per heavy atom. The van der Waals surface area contributed by atoms with Crippen molar-refractivity contribution in [3.63, 3.8) is 0 Å². The molecule has 1 saturated heterocycles. The molecule has 29 heavy (non-hydrogen) atoms. The third-order valence-electron chi connectivity index (χ3n) is 5.96. The van der Waals surface area contributed by atoms with Crippen LogP contribution in [0.25, 0.3) is 16.6 Å². The average molecular weight is 415 g/mol. The maximum atomic E-state index is 13.4. The highest BCUT2D eigenvalue weighted by Gasteiger charge is 2.25. The van der Waals surface area contributed by atoms with Crippen molar-refractivity contribution in [2.75, 3.05) is 26.2 Å². The summed E-state index contributed by atoms with van der Waals surface area (Å²) in [5, 5.41) is 1.92. The number of fused-ring (bicyclic) bond motifs is 1. The van der Waals surface area contributed by atoms with E-state index >= 15 is 0 Å². The van der Waals surface area contributed by atoms with Gasteiger partial charge in [0.2, 0.25) is 0 Å². The van der Waals surface area contributed by atoms with Crippen LogP contribution in [0, 0.1) is 5.82 Å². The Hall–Kier alpha value is -1.92. The largest absolute Gasteiger partial charge is 0.330 e. The van der Waals surface area contributed by atoms with Gasteiger partial charge in [0.1, 0.15) is 5.82 Å². The Kier molecular flexibility index (Phi) is 6.20. The van der Waals surface area contributed by atoms with Gasteiger partial charge in [0.05, 0.1) is 5.52 Å². The predicted molar refractivity (Wildman–Crippen MR) is 118 cm³/mol. The number of hydrogen-bond acceptors (Lipinski definition) is 3. The minimum Gasteiger partial charge on any atom is -0.330 e. The summed E-state index contributed by atoms with van der Waals surface area (Å²) < 4.78 is 15.5. The lowest BCUT2D eigenvalue weighted by Gasteiger charge is -2.33. The lowest BCUT2D eigenvalue weighted by atomic mass is 9.89. The standard InChI is InChI=1S/C23H28ClFN4/c24-17-1-6-23-21(13-17)22(15-29(23)20-4-2-18(25)3-5-20)16-8-11-28(12-9-16)14-19(27)7-10-26/h1-6,13,15-16,19H,7-12,14,26-27H2. The van der Waals surface area contributed by atoms with Crippen LogP contribution >= 0.6 is 11.6 Å². The summed E-state index contributed by atoms with van der Waals surface area (Å²) in [4.78, 5) is 2.45. The lowest BCUT2D eigenvalue weighted by molar-refractivity contribution is 0.199. The van der Waals surface area contributed by atoms with Crippen LogP contribution in [0.5, 0.6) is 0 Å². The highest BCUT2D eigenvalue weighted by molar-refractivity contribution is 6.31. The van der Waals surface area contributed by atoms with Crippen LogP contribution in [-0.2, 0) is 0 Å². The van der Waals surface area contributed by atoms with Gasteiger partial charge in [0, 0.05) is 34.9 Å². The monoisotopic (exact) mass is 414 g/mol. The molecule has 154 valence electrons. The Morgan fingerprint density at radius 3 is 2.52 bits per heavy atom. The molecule has 1 atom stereocenters. The normalized spacial score (nSPS) is 17.1. The molecule has 3 aromatic rings. The van der Waals surface area contributed by atoms with E-state index in [2.05, 4.69) is 21.7 Å². The van der Waals surface area contributed by atoms with Gasteiger partial charge < -0.3 is 20.9 Å². The molecule has 1 aliphatic heterocycles. The molecule has 0 bridgehead atoms. The molecule has 2 aromatic carbocycles. The minimum absolute atomic E-state index is 0.149. The fourth-order valence-corrected chi connectivity index (χ4v) is 4.60. The molecule has 0 aliphatic carbocycles. The van der Waals surface area contributed by atoms with Gasteiger partial charge in [0.15, 0.2) is 0 Å². The summed E-state index contributed by atoms with van der Waals surface area (Å²) in [6.07, 6.45) is 5.24. The van der Waals surface area contributed by atoms with Gasteiger partial charge in [0.25, 0.3) is 0 Å². The van der Waals surface area contributed by atoms with Crippen molar-refractivity contribution in [1.82, 2.24) is 9.47 Å². The number of aromatic nitrogens is 1. The Bertz CT molecular complexity index is 961. The molecule has 0 amide bonds. The van der Waals surface area contributed by atoms with Gasteiger partial charge in [-0.3, -0.25) is 0 Å². The number of halogens is 2. The number of nitrogens with zero attached hydrogens (tertiary/aromatic N) is 2. The summed E-state index contributed by atoms with van der Waals surface area (Å²) in [6, 6.07) is 12.8. The molecule has 1 fully saturated rings. The zero-order valence-corrected chi connectivity index (χ0v) is 17.3. The van der Waals surface area contributed by atoms with Crippen LogP contribution in [0.4, 0.5) is 4.39 Å². The second-order valence-electron chi connectivity index (χ2n) is 8.00. The van der Waals surface area contributed by atoms with Crippen LogP contribution in [0.1, 0.15) is 30.7 Å². The molecule has 4 nitrogen and oxygen atoms in total. The second kappa shape index (κ2) is 8.84. The molecule has 6 heteroatoms. The molecule has 4 N–H and O–H groups in total. The number of piperidine rings is 1. The van der Waals surface area contributed by atoms with E-state index in [0.717, 1.165) is 55.1 Å². The third-order valence-corrected chi connectivity index (χ3v) is 6.19. The highest BCUT2D eigenvalue weighted by atomic mass is 35.5. The fraction of sp³-hybridized carbons (Fsp3) is 0.391. The maximum Gasteiger partial charge on any atom is 0.123 e. The molecule has 2 heterocycles. The molecule has 1 aliphatic rings. The van der Waals surface area contributed by atoms with E-state index in [-0.39, 0.29) is 11.9 Å². The Balaban J connectivity index is 1.59. The first kappa shape index (κ1) is 20.4. The summed E-state index contributed by atoms with van der Waals surface area (Å²) in [6.45, 7) is 3.62. The number of hydrogen-bond donors (Lipinski definition) is 2. The van der Waals surface area contributed by atoms with E-state index in [1.54, 1.807) is 0 Å². The van der Waals surface area contributed by atoms with Gasteiger partial charge in [-0.15, -0.1) is 0 Å². The average Bonchev–Trinajstić information content (AvgIpc) is 3.08. The van der Waals surface area contributed by atoms with Crippen LogP contribution in [0.2, 0.25) is 5.02 Å². The van der Waals surface area contributed by atoms with Crippen molar-refractivity contribution < 1.29 is 4.39 Å². The van der Waals surface area contributed by atoms with Crippen molar-refractivity contribution in [2.24, 2.45) is 11.5 Å². The molecule has 1 unspecified atom stereocenters. The van der Waals surface area contributed by atoms with Crippen molar-refractivity contribution in [3.8, 4) is 5.69 Å². The number of benzene rings is 2. The zero-order chi connectivity index (χ0) is 20.4. The molecule has 0 spiro atoms. The minimum atomic E-state index is -0.228. The molecule has 0 saturated carbocycles. The Morgan fingerprint density at radius 1 is 1.10 bits per heavy atom. The highest BCUT2D eigenvalue weighted by Crippen LogP contribution is 2.37. The number of rotatable bonds is 6. The first-order valence-corrected chi connectivity index (χ1v) is 10.7. The van der Waals surface area contributed by atoms with Gasteiger partial charge in [-0.25, -0.2) is 4.39 Å². The van der Waals surface area contributed by atoms with Crippen LogP contribution in [-0.4, -0.2) is 41.7 Å². The molecular weight excluding hydrogens is 387 g/mol. The summed E-state index contributed by atoms with van der Waals surface area (Å²) >= 11 is 6.32. The first-order chi connectivity index (χ1) is 14.0. The van der Waals surface area contributed by atoms with E-state index < -0.39 is 0 Å². The summed E-state index contributed by atoms with van der Waals surface area (Å²) in [5.74, 6) is 0.244. The molecule has 1 aromatic heterocycles. The first-order valence-electron chi connectivity index (χ1n) is 10.3. The van der Waals surface area contributed by atoms with Crippen molar-refractivity contribution in [2.45, 2.75) is 31.2 Å². The van der Waals surface area contributed by atoms with E-state index in [1.165, 1.54) is 23.1 Å².